The van der Waals surface area contributed by atoms with Crippen LogP contribution in [0.4, 0.5) is 0 Å². The van der Waals surface area contributed by atoms with Gasteiger partial charge in [-0.15, -0.1) is 11.8 Å². The number of rotatable bonds is 5. The Labute approximate surface area is 105 Å². The Hall–Kier alpha value is -1.98. The van der Waals surface area contributed by atoms with Gasteiger partial charge in [0.05, 0.1) is 5.03 Å². The number of pyridine rings is 1. The first kappa shape index (κ1) is 13.1. The number of hydrogen-bond acceptors (Lipinski definition) is 5. The molecule has 4 nitrogen and oxygen atoms in total. The summed E-state index contributed by atoms with van der Waals surface area (Å²) in [6.45, 7) is 2.62. The van der Waals surface area contributed by atoms with Gasteiger partial charge >= 0.3 is 0 Å². The van der Waals surface area contributed by atoms with Gasteiger partial charge in [0, 0.05) is 24.7 Å². The largest absolute Gasteiger partial charge is 0.378 e. The van der Waals surface area contributed by atoms with Gasteiger partial charge in [-0.2, -0.15) is 10.5 Å². The van der Waals surface area contributed by atoms with Crippen LogP contribution < -0.4 is 5.32 Å². The molecule has 0 aliphatic carbocycles. The molecule has 1 heterocycles. The highest BCUT2D eigenvalue weighted by Crippen LogP contribution is 2.21. The fraction of sp³-hybridized carbons (Fsp3) is 0.250. The van der Waals surface area contributed by atoms with Gasteiger partial charge in [-0.3, -0.25) is 4.98 Å². The molecule has 0 aliphatic rings. The van der Waals surface area contributed by atoms with Crippen molar-refractivity contribution < 1.29 is 0 Å². The Kier molecular flexibility index (Phi) is 5.63. The van der Waals surface area contributed by atoms with Gasteiger partial charge in [0.25, 0.3) is 0 Å². The third kappa shape index (κ3) is 4.18. The molecule has 0 unspecified atom stereocenters. The molecule has 1 aromatic heterocycles. The first-order valence-electron chi connectivity index (χ1n) is 5.11. The third-order valence-electron chi connectivity index (χ3n) is 1.92. The van der Waals surface area contributed by atoms with Crippen molar-refractivity contribution in [3.8, 4) is 12.1 Å². The van der Waals surface area contributed by atoms with Crippen LogP contribution in [0.2, 0.25) is 0 Å². The van der Waals surface area contributed by atoms with E-state index in [1.54, 1.807) is 12.4 Å². The van der Waals surface area contributed by atoms with Gasteiger partial charge in [-0.1, -0.05) is 0 Å². The first-order valence-corrected chi connectivity index (χ1v) is 6.10. The van der Waals surface area contributed by atoms with Crippen molar-refractivity contribution in [1.82, 2.24) is 10.3 Å². The minimum absolute atomic E-state index is 0.130. The summed E-state index contributed by atoms with van der Waals surface area (Å²) in [5, 5.41) is 21.3. The van der Waals surface area contributed by atoms with Gasteiger partial charge in [-0.25, -0.2) is 0 Å². The van der Waals surface area contributed by atoms with Crippen molar-refractivity contribution >= 4 is 11.8 Å². The van der Waals surface area contributed by atoms with Gasteiger partial charge in [-0.05, 0) is 24.6 Å². The van der Waals surface area contributed by atoms with Crippen LogP contribution in [-0.4, -0.2) is 11.5 Å². The number of nitrogens with zero attached hydrogens (tertiary/aromatic N) is 3. The third-order valence-corrected chi connectivity index (χ3v) is 3.04. The van der Waals surface area contributed by atoms with Crippen LogP contribution in [0.1, 0.15) is 12.5 Å². The normalized spacial score (nSPS) is 8.88. The Balaban J connectivity index is 2.74. The molecular weight excluding hydrogens is 232 g/mol. The summed E-state index contributed by atoms with van der Waals surface area (Å²) in [7, 11) is 0. The molecule has 0 bridgehead atoms. The van der Waals surface area contributed by atoms with Crippen LogP contribution >= 0.6 is 11.8 Å². The summed E-state index contributed by atoms with van der Waals surface area (Å²) >= 11 is 1.45. The van der Waals surface area contributed by atoms with Gasteiger partial charge < -0.3 is 5.32 Å². The second-order valence-electron chi connectivity index (χ2n) is 3.10. The summed E-state index contributed by atoms with van der Waals surface area (Å²) in [4.78, 5) is 3.93. The molecule has 17 heavy (non-hydrogen) atoms. The van der Waals surface area contributed by atoms with Crippen LogP contribution in [0.3, 0.4) is 0 Å². The summed E-state index contributed by atoms with van der Waals surface area (Å²) in [5.74, 6) is 0.706. The molecule has 0 aromatic carbocycles. The van der Waals surface area contributed by atoms with Crippen molar-refractivity contribution in [2.45, 2.75) is 12.7 Å². The highest BCUT2D eigenvalue weighted by Gasteiger charge is 2.06. The first-order chi connectivity index (χ1) is 8.31. The van der Waals surface area contributed by atoms with E-state index in [2.05, 4.69) is 10.3 Å². The predicted octanol–water partition coefficient (Wildman–Crippen LogP) is 2.18. The number of allylic oxidation sites excluding steroid dienone is 1. The average Bonchev–Trinajstić information content (AvgIpc) is 2.38. The van der Waals surface area contributed by atoms with Crippen LogP contribution in [0.15, 0.2) is 35.1 Å². The molecule has 1 rings (SSSR count). The maximum atomic E-state index is 8.83. The zero-order valence-electron chi connectivity index (χ0n) is 9.47. The van der Waals surface area contributed by atoms with Crippen molar-refractivity contribution in [1.29, 1.82) is 10.5 Å². The SMILES string of the molecule is CCNC(SCc1ccncc1)=C(C#N)C#N. The van der Waals surface area contributed by atoms with Crippen LogP contribution in [0.5, 0.6) is 0 Å². The molecule has 1 aromatic rings. The predicted molar refractivity (Wildman–Crippen MR) is 67.5 cm³/mol. The molecular formula is C12H12N4S. The van der Waals surface area contributed by atoms with Gasteiger partial charge in [0.2, 0.25) is 0 Å². The van der Waals surface area contributed by atoms with E-state index in [9.17, 15) is 0 Å². The second kappa shape index (κ2) is 7.32. The number of nitriles is 2. The molecule has 0 atom stereocenters. The smallest absolute Gasteiger partial charge is 0.159 e. The van der Waals surface area contributed by atoms with E-state index in [1.807, 2.05) is 31.2 Å². The van der Waals surface area contributed by atoms with Crippen molar-refractivity contribution in [2.75, 3.05) is 6.54 Å². The molecule has 86 valence electrons. The van der Waals surface area contributed by atoms with E-state index >= 15 is 0 Å². The monoisotopic (exact) mass is 244 g/mol. The zero-order chi connectivity index (χ0) is 12.5. The lowest BCUT2D eigenvalue weighted by molar-refractivity contribution is 0.900. The van der Waals surface area contributed by atoms with E-state index in [0.717, 1.165) is 5.56 Å². The maximum Gasteiger partial charge on any atom is 0.159 e. The summed E-state index contributed by atoms with van der Waals surface area (Å²) in [5.41, 5.74) is 1.24. The van der Waals surface area contributed by atoms with Crippen LogP contribution in [0.25, 0.3) is 0 Å². The average molecular weight is 244 g/mol. The molecule has 0 spiro atoms. The van der Waals surface area contributed by atoms with Crippen LogP contribution in [0, 0.1) is 22.7 Å². The van der Waals surface area contributed by atoms with E-state index in [-0.39, 0.29) is 5.57 Å². The molecule has 0 saturated carbocycles. The fourth-order valence-corrected chi connectivity index (χ4v) is 2.12. The van der Waals surface area contributed by atoms with Crippen molar-refractivity contribution in [3.63, 3.8) is 0 Å². The zero-order valence-corrected chi connectivity index (χ0v) is 10.3. The molecule has 0 saturated heterocycles. The molecule has 0 radical (unpaired) electrons. The van der Waals surface area contributed by atoms with Crippen molar-refractivity contribution in [3.05, 3.63) is 40.7 Å². The second-order valence-corrected chi connectivity index (χ2v) is 4.09. The fourth-order valence-electron chi connectivity index (χ4n) is 1.13. The summed E-state index contributed by atoms with van der Waals surface area (Å²) in [6, 6.07) is 7.61. The number of nitrogens with one attached hydrogen (secondary N) is 1. The molecule has 5 heteroatoms. The number of aromatic nitrogens is 1. The Bertz CT molecular complexity index is 452. The quantitative estimate of drug-likeness (QED) is 0.804. The minimum Gasteiger partial charge on any atom is -0.378 e. The summed E-state index contributed by atoms with van der Waals surface area (Å²) < 4.78 is 0. The van der Waals surface area contributed by atoms with Crippen LogP contribution in [-0.2, 0) is 5.75 Å². The topological polar surface area (TPSA) is 72.5 Å². The van der Waals surface area contributed by atoms with Gasteiger partial charge in [0.1, 0.15) is 12.1 Å². The lowest BCUT2D eigenvalue weighted by Gasteiger charge is -2.08. The number of hydrogen-bond donors (Lipinski definition) is 1. The Morgan fingerprint density at radius 3 is 2.53 bits per heavy atom. The van der Waals surface area contributed by atoms with E-state index in [0.29, 0.717) is 17.3 Å². The summed E-state index contributed by atoms with van der Waals surface area (Å²) in [6.07, 6.45) is 3.45. The Morgan fingerprint density at radius 2 is 2.00 bits per heavy atom. The molecule has 0 fully saturated rings. The highest BCUT2D eigenvalue weighted by atomic mass is 32.2. The molecule has 0 amide bonds. The lowest BCUT2D eigenvalue weighted by atomic mass is 10.3. The van der Waals surface area contributed by atoms with E-state index in [1.165, 1.54) is 11.8 Å². The van der Waals surface area contributed by atoms with Gasteiger partial charge in [0.15, 0.2) is 5.57 Å². The van der Waals surface area contributed by atoms with E-state index in [4.69, 9.17) is 10.5 Å². The maximum absolute atomic E-state index is 8.83. The highest BCUT2D eigenvalue weighted by molar-refractivity contribution is 8.02. The van der Waals surface area contributed by atoms with E-state index < -0.39 is 0 Å². The van der Waals surface area contributed by atoms with Crippen molar-refractivity contribution in [2.24, 2.45) is 0 Å². The number of thioether (sulfide) groups is 1. The molecule has 0 aliphatic heterocycles. The lowest BCUT2D eigenvalue weighted by Crippen LogP contribution is -2.11. The molecule has 1 N–H and O–H groups in total. The Morgan fingerprint density at radius 1 is 1.35 bits per heavy atom. The minimum atomic E-state index is 0.130. The standard InChI is InChI=1S/C12H12N4S/c1-2-16-12(11(7-13)8-14)17-9-10-3-5-15-6-4-10/h3-6,16H,2,9H2,1H3.